The summed E-state index contributed by atoms with van der Waals surface area (Å²) in [6.45, 7) is 1.46. The van der Waals surface area contributed by atoms with E-state index in [4.69, 9.17) is 4.74 Å². The highest BCUT2D eigenvalue weighted by molar-refractivity contribution is 5.80. The molecule has 26 heavy (non-hydrogen) atoms. The number of hydrazine groups is 1. The molecule has 0 aromatic heterocycles. The summed E-state index contributed by atoms with van der Waals surface area (Å²) in [4.78, 5) is 12.6. The third-order valence-electron chi connectivity index (χ3n) is 5.09. The summed E-state index contributed by atoms with van der Waals surface area (Å²) >= 11 is 0. The average Bonchev–Trinajstić information content (AvgIpc) is 2.69. The van der Waals surface area contributed by atoms with E-state index in [0.717, 1.165) is 38.8 Å². The molecule has 1 saturated carbocycles. The van der Waals surface area contributed by atoms with Crippen LogP contribution in [0.3, 0.4) is 0 Å². The Morgan fingerprint density at radius 3 is 1.88 bits per heavy atom. The van der Waals surface area contributed by atoms with Crippen molar-refractivity contribution in [3.05, 3.63) is 71.8 Å². The van der Waals surface area contributed by atoms with Gasteiger partial charge in [0, 0.05) is 13.1 Å². The molecule has 3 rings (SSSR count). The maximum atomic E-state index is 12.6. The monoisotopic (exact) mass is 352 g/mol. The Labute approximate surface area is 156 Å². The first-order chi connectivity index (χ1) is 12.7. The smallest absolute Gasteiger partial charge is 0.327 e. The molecule has 1 fully saturated rings. The van der Waals surface area contributed by atoms with Gasteiger partial charge in [0.15, 0.2) is 0 Å². The van der Waals surface area contributed by atoms with Crippen LogP contribution in [0.2, 0.25) is 0 Å². The van der Waals surface area contributed by atoms with Crippen molar-refractivity contribution >= 4 is 5.97 Å². The van der Waals surface area contributed by atoms with Crippen LogP contribution in [0, 0.1) is 0 Å². The summed E-state index contributed by atoms with van der Waals surface area (Å²) in [5.41, 5.74) is 5.39. The van der Waals surface area contributed by atoms with Crippen LogP contribution in [-0.2, 0) is 22.6 Å². The number of nitrogens with one attached hydrogen (secondary N) is 1. The maximum Gasteiger partial charge on any atom is 0.327 e. The number of ether oxygens (including phenoxy) is 1. The number of esters is 1. The van der Waals surface area contributed by atoms with Crippen LogP contribution in [0.1, 0.15) is 43.2 Å². The molecule has 4 heteroatoms. The third-order valence-corrected chi connectivity index (χ3v) is 5.09. The zero-order valence-electron chi connectivity index (χ0n) is 15.5. The molecule has 4 nitrogen and oxygen atoms in total. The van der Waals surface area contributed by atoms with Crippen LogP contribution in [-0.4, -0.2) is 23.6 Å². The Balaban J connectivity index is 1.82. The number of methoxy groups -OCH3 is 1. The molecular weight excluding hydrogens is 324 g/mol. The molecule has 2 aromatic rings. The zero-order valence-corrected chi connectivity index (χ0v) is 15.5. The molecule has 0 atom stereocenters. The molecule has 0 bridgehead atoms. The molecule has 0 saturated heterocycles. The molecule has 2 aromatic carbocycles. The molecule has 1 N–H and O–H groups in total. The zero-order chi connectivity index (χ0) is 18.2. The fourth-order valence-corrected chi connectivity index (χ4v) is 3.76. The number of hydrogen-bond donors (Lipinski definition) is 1. The number of rotatable bonds is 7. The van der Waals surface area contributed by atoms with Crippen molar-refractivity contribution in [3.63, 3.8) is 0 Å². The van der Waals surface area contributed by atoms with E-state index < -0.39 is 5.54 Å². The van der Waals surface area contributed by atoms with Gasteiger partial charge in [-0.05, 0) is 24.0 Å². The Morgan fingerprint density at radius 2 is 1.42 bits per heavy atom. The Morgan fingerprint density at radius 1 is 0.923 bits per heavy atom. The van der Waals surface area contributed by atoms with Gasteiger partial charge in [0.05, 0.1) is 7.11 Å². The van der Waals surface area contributed by atoms with Gasteiger partial charge < -0.3 is 4.74 Å². The van der Waals surface area contributed by atoms with Gasteiger partial charge in [0.2, 0.25) is 0 Å². The van der Waals surface area contributed by atoms with Gasteiger partial charge in [0.1, 0.15) is 5.54 Å². The minimum Gasteiger partial charge on any atom is -0.468 e. The van der Waals surface area contributed by atoms with Crippen molar-refractivity contribution in [1.29, 1.82) is 0 Å². The number of benzene rings is 2. The lowest BCUT2D eigenvalue weighted by Gasteiger charge is -2.40. The van der Waals surface area contributed by atoms with Crippen molar-refractivity contribution in [2.45, 2.75) is 50.7 Å². The normalized spacial score (nSPS) is 16.4. The Kier molecular flexibility index (Phi) is 6.42. The first-order valence-electron chi connectivity index (χ1n) is 9.41. The van der Waals surface area contributed by atoms with Gasteiger partial charge in [-0.15, -0.1) is 0 Å². The first-order valence-corrected chi connectivity index (χ1v) is 9.41. The summed E-state index contributed by atoms with van der Waals surface area (Å²) in [6, 6.07) is 20.7. The van der Waals surface area contributed by atoms with Crippen molar-refractivity contribution in [1.82, 2.24) is 10.4 Å². The predicted molar refractivity (Wildman–Crippen MR) is 103 cm³/mol. The lowest BCUT2D eigenvalue weighted by molar-refractivity contribution is -0.154. The van der Waals surface area contributed by atoms with E-state index in [1.807, 2.05) is 36.4 Å². The van der Waals surface area contributed by atoms with E-state index >= 15 is 0 Å². The lowest BCUT2D eigenvalue weighted by Crippen LogP contribution is -2.59. The summed E-state index contributed by atoms with van der Waals surface area (Å²) in [5, 5.41) is 2.16. The standard InChI is InChI=1S/C22H28N2O2/c1-26-21(25)22(15-9-4-10-16-22)23-24(17-19-11-5-2-6-12-19)18-20-13-7-3-8-14-20/h2-3,5-8,11-14,23H,4,9-10,15-18H2,1H3. The fraction of sp³-hybridized carbons (Fsp3) is 0.409. The molecular formula is C22H28N2O2. The van der Waals surface area contributed by atoms with E-state index in [0.29, 0.717) is 0 Å². The van der Waals surface area contributed by atoms with Crippen LogP contribution < -0.4 is 5.43 Å². The quantitative estimate of drug-likeness (QED) is 0.602. The highest BCUT2D eigenvalue weighted by Crippen LogP contribution is 2.30. The largest absolute Gasteiger partial charge is 0.468 e. The van der Waals surface area contributed by atoms with Crippen molar-refractivity contribution in [2.75, 3.05) is 7.11 Å². The average molecular weight is 352 g/mol. The minimum absolute atomic E-state index is 0.150. The van der Waals surface area contributed by atoms with Crippen LogP contribution in [0.25, 0.3) is 0 Å². The van der Waals surface area contributed by atoms with Gasteiger partial charge in [-0.2, -0.15) is 0 Å². The van der Waals surface area contributed by atoms with E-state index in [1.165, 1.54) is 24.7 Å². The topological polar surface area (TPSA) is 41.6 Å². The van der Waals surface area contributed by atoms with E-state index in [1.54, 1.807) is 0 Å². The molecule has 138 valence electrons. The second-order valence-corrected chi connectivity index (χ2v) is 7.07. The third kappa shape index (κ3) is 4.71. The molecule has 1 aliphatic rings. The van der Waals surface area contributed by atoms with Gasteiger partial charge in [-0.25, -0.2) is 10.4 Å². The second kappa shape index (κ2) is 8.97. The lowest BCUT2D eigenvalue weighted by atomic mass is 9.82. The highest BCUT2D eigenvalue weighted by Gasteiger charge is 2.41. The van der Waals surface area contributed by atoms with E-state index in [-0.39, 0.29) is 5.97 Å². The predicted octanol–water partition coefficient (Wildman–Crippen LogP) is 4.07. The van der Waals surface area contributed by atoms with Gasteiger partial charge >= 0.3 is 5.97 Å². The van der Waals surface area contributed by atoms with Gasteiger partial charge in [-0.3, -0.25) is 4.79 Å². The Hall–Kier alpha value is -2.17. The van der Waals surface area contributed by atoms with E-state index in [9.17, 15) is 4.79 Å². The van der Waals surface area contributed by atoms with Crippen molar-refractivity contribution in [2.24, 2.45) is 0 Å². The molecule has 0 unspecified atom stereocenters. The number of carbonyl (C=O) groups is 1. The molecule has 0 heterocycles. The maximum absolute atomic E-state index is 12.6. The van der Waals surface area contributed by atoms with E-state index in [2.05, 4.69) is 34.7 Å². The fourth-order valence-electron chi connectivity index (χ4n) is 3.76. The molecule has 1 aliphatic carbocycles. The van der Waals surface area contributed by atoms with Crippen LogP contribution in [0.15, 0.2) is 60.7 Å². The highest BCUT2D eigenvalue weighted by atomic mass is 16.5. The number of carbonyl (C=O) groups excluding carboxylic acids is 1. The summed E-state index contributed by atoms with van der Waals surface area (Å²) < 4.78 is 5.17. The molecule has 0 spiro atoms. The second-order valence-electron chi connectivity index (χ2n) is 7.07. The van der Waals surface area contributed by atoms with Crippen LogP contribution in [0.5, 0.6) is 0 Å². The van der Waals surface area contributed by atoms with Crippen LogP contribution in [0.4, 0.5) is 0 Å². The number of hydrogen-bond acceptors (Lipinski definition) is 4. The summed E-state index contributed by atoms with van der Waals surface area (Å²) in [6.07, 6.45) is 4.91. The van der Waals surface area contributed by atoms with Crippen LogP contribution >= 0.6 is 0 Å². The molecule has 0 radical (unpaired) electrons. The van der Waals surface area contributed by atoms with Crippen molar-refractivity contribution < 1.29 is 9.53 Å². The Bertz CT molecular complexity index is 640. The first kappa shape index (κ1) is 18.6. The molecule has 0 aliphatic heterocycles. The SMILES string of the molecule is COC(=O)C1(NN(Cc2ccccc2)Cc2ccccc2)CCCCC1. The summed E-state index contributed by atoms with van der Waals surface area (Å²) in [5.74, 6) is -0.150. The summed E-state index contributed by atoms with van der Waals surface area (Å²) in [7, 11) is 1.49. The van der Waals surface area contributed by atoms with Crippen molar-refractivity contribution in [3.8, 4) is 0 Å². The molecule has 0 amide bonds. The van der Waals surface area contributed by atoms with Gasteiger partial charge in [-0.1, -0.05) is 79.9 Å². The van der Waals surface area contributed by atoms with Gasteiger partial charge in [0.25, 0.3) is 0 Å². The number of nitrogens with zero attached hydrogens (tertiary/aromatic N) is 1. The minimum atomic E-state index is -0.615.